The van der Waals surface area contributed by atoms with E-state index in [-0.39, 0.29) is 11.9 Å². The highest BCUT2D eigenvalue weighted by Gasteiger charge is 2.23. The van der Waals surface area contributed by atoms with E-state index in [4.69, 9.17) is 4.74 Å². The maximum absolute atomic E-state index is 13.6. The molecule has 1 rings (SSSR count). The standard InChI is InChI=1S/C16H26FNO/c1-5-10-18-16(12(6-2)7-3)14-11-13(17)8-9-15(14)19-4/h8-9,11-12,16,18H,5-7,10H2,1-4H3. The topological polar surface area (TPSA) is 21.3 Å². The van der Waals surface area contributed by atoms with E-state index in [1.807, 2.05) is 0 Å². The largest absolute Gasteiger partial charge is 0.496 e. The summed E-state index contributed by atoms with van der Waals surface area (Å²) in [6.45, 7) is 7.43. The summed E-state index contributed by atoms with van der Waals surface area (Å²) in [5, 5.41) is 3.54. The molecular weight excluding hydrogens is 241 g/mol. The third kappa shape index (κ3) is 4.20. The van der Waals surface area contributed by atoms with Crippen LogP contribution in [0, 0.1) is 11.7 Å². The van der Waals surface area contributed by atoms with E-state index in [2.05, 4.69) is 26.1 Å². The summed E-state index contributed by atoms with van der Waals surface area (Å²) in [5.74, 6) is 1.05. The van der Waals surface area contributed by atoms with Crippen molar-refractivity contribution in [1.82, 2.24) is 5.32 Å². The lowest BCUT2D eigenvalue weighted by atomic mass is 9.88. The quantitative estimate of drug-likeness (QED) is 0.757. The fourth-order valence-corrected chi connectivity index (χ4v) is 2.54. The van der Waals surface area contributed by atoms with Crippen LogP contribution in [0.3, 0.4) is 0 Å². The fourth-order valence-electron chi connectivity index (χ4n) is 2.54. The third-order valence-electron chi connectivity index (χ3n) is 3.66. The first-order valence-corrected chi connectivity index (χ1v) is 7.24. The van der Waals surface area contributed by atoms with Gasteiger partial charge in [-0.15, -0.1) is 0 Å². The van der Waals surface area contributed by atoms with Crippen LogP contribution in [0.4, 0.5) is 4.39 Å². The van der Waals surface area contributed by atoms with Crippen LogP contribution in [0.5, 0.6) is 5.75 Å². The lowest BCUT2D eigenvalue weighted by molar-refractivity contribution is 0.324. The molecule has 0 amide bonds. The molecule has 0 aromatic heterocycles. The van der Waals surface area contributed by atoms with Crippen molar-refractivity contribution in [1.29, 1.82) is 0 Å². The smallest absolute Gasteiger partial charge is 0.123 e. The molecule has 0 spiro atoms. The van der Waals surface area contributed by atoms with Gasteiger partial charge in [0.2, 0.25) is 0 Å². The molecule has 0 bridgehead atoms. The van der Waals surface area contributed by atoms with E-state index in [1.54, 1.807) is 19.2 Å². The highest BCUT2D eigenvalue weighted by molar-refractivity contribution is 5.37. The molecule has 1 aromatic carbocycles. The molecular formula is C16H26FNO. The summed E-state index contributed by atoms with van der Waals surface area (Å²) in [5.41, 5.74) is 0.935. The van der Waals surface area contributed by atoms with E-state index in [9.17, 15) is 4.39 Å². The van der Waals surface area contributed by atoms with Crippen molar-refractivity contribution in [3.63, 3.8) is 0 Å². The van der Waals surface area contributed by atoms with Gasteiger partial charge in [0, 0.05) is 11.6 Å². The Bertz CT molecular complexity index is 377. The van der Waals surface area contributed by atoms with Gasteiger partial charge in [-0.3, -0.25) is 0 Å². The Hall–Kier alpha value is -1.09. The van der Waals surface area contributed by atoms with E-state index >= 15 is 0 Å². The zero-order valence-corrected chi connectivity index (χ0v) is 12.5. The van der Waals surface area contributed by atoms with Gasteiger partial charge >= 0.3 is 0 Å². The summed E-state index contributed by atoms with van der Waals surface area (Å²) >= 11 is 0. The molecule has 0 saturated heterocycles. The van der Waals surface area contributed by atoms with E-state index < -0.39 is 0 Å². The molecule has 0 heterocycles. The summed E-state index contributed by atoms with van der Waals surface area (Å²) < 4.78 is 18.9. The van der Waals surface area contributed by atoms with Crippen molar-refractivity contribution in [2.45, 2.75) is 46.1 Å². The molecule has 0 aliphatic rings. The highest BCUT2D eigenvalue weighted by Crippen LogP contribution is 2.33. The van der Waals surface area contributed by atoms with Crippen molar-refractivity contribution >= 4 is 0 Å². The van der Waals surface area contributed by atoms with Gasteiger partial charge in [-0.2, -0.15) is 0 Å². The Balaban J connectivity index is 3.10. The summed E-state index contributed by atoms with van der Waals surface area (Å²) in [7, 11) is 1.64. The van der Waals surface area contributed by atoms with Crippen LogP contribution in [0.15, 0.2) is 18.2 Å². The molecule has 0 fully saturated rings. The maximum atomic E-state index is 13.6. The van der Waals surface area contributed by atoms with Gasteiger partial charge < -0.3 is 10.1 Å². The fraction of sp³-hybridized carbons (Fsp3) is 0.625. The van der Waals surface area contributed by atoms with Gasteiger partial charge in [-0.05, 0) is 37.1 Å². The number of halogens is 1. The molecule has 0 aliphatic heterocycles. The van der Waals surface area contributed by atoms with Gasteiger partial charge in [0.1, 0.15) is 11.6 Å². The second-order valence-electron chi connectivity index (χ2n) is 4.89. The van der Waals surface area contributed by atoms with Crippen LogP contribution in [-0.4, -0.2) is 13.7 Å². The normalized spacial score (nSPS) is 12.7. The summed E-state index contributed by atoms with van der Waals surface area (Å²) in [4.78, 5) is 0. The first-order valence-electron chi connectivity index (χ1n) is 7.24. The molecule has 0 radical (unpaired) electrons. The summed E-state index contributed by atoms with van der Waals surface area (Å²) in [6.07, 6.45) is 3.20. The number of hydrogen-bond acceptors (Lipinski definition) is 2. The molecule has 1 unspecified atom stereocenters. The monoisotopic (exact) mass is 267 g/mol. The van der Waals surface area contributed by atoms with Crippen LogP contribution in [0.1, 0.15) is 51.6 Å². The van der Waals surface area contributed by atoms with Crippen molar-refractivity contribution in [3.8, 4) is 5.75 Å². The zero-order valence-electron chi connectivity index (χ0n) is 12.5. The molecule has 1 atom stereocenters. The Morgan fingerprint density at radius 3 is 2.42 bits per heavy atom. The predicted octanol–water partition coefficient (Wildman–Crippen LogP) is 4.31. The number of hydrogen-bond donors (Lipinski definition) is 1. The maximum Gasteiger partial charge on any atom is 0.123 e. The SMILES string of the molecule is CCCNC(c1cc(F)ccc1OC)C(CC)CC. The van der Waals surface area contributed by atoms with Crippen LogP contribution in [0.2, 0.25) is 0 Å². The summed E-state index contributed by atoms with van der Waals surface area (Å²) in [6, 6.07) is 4.92. The van der Waals surface area contributed by atoms with Gasteiger partial charge in [0.05, 0.1) is 7.11 Å². The van der Waals surface area contributed by atoms with E-state index in [0.29, 0.717) is 5.92 Å². The number of rotatable bonds is 8. The second-order valence-corrected chi connectivity index (χ2v) is 4.89. The average molecular weight is 267 g/mol. The third-order valence-corrected chi connectivity index (χ3v) is 3.66. The van der Waals surface area contributed by atoms with Crippen LogP contribution in [-0.2, 0) is 0 Å². The lowest BCUT2D eigenvalue weighted by Crippen LogP contribution is -2.29. The van der Waals surface area contributed by atoms with Crippen molar-refractivity contribution in [2.75, 3.05) is 13.7 Å². The Labute approximate surface area is 116 Å². The van der Waals surface area contributed by atoms with E-state index in [0.717, 1.165) is 37.1 Å². The Morgan fingerprint density at radius 1 is 1.21 bits per heavy atom. The predicted molar refractivity (Wildman–Crippen MR) is 78.1 cm³/mol. The molecule has 0 aliphatic carbocycles. The first-order chi connectivity index (χ1) is 9.17. The van der Waals surface area contributed by atoms with Gasteiger partial charge in [-0.25, -0.2) is 4.39 Å². The molecule has 108 valence electrons. The minimum atomic E-state index is -0.204. The number of nitrogens with one attached hydrogen (secondary N) is 1. The molecule has 19 heavy (non-hydrogen) atoms. The minimum Gasteiger partial charge on any atom is -0.496 e. The Morgan fingerprint density at radius 2 is 1.89 bits per heavy atom. The van der Waals surface area contributed by atoms with Gasteiger partial charge in [0.25, 0.3) is 0 Å². The zero-order chi connectivity index (χ0) is 14.3. The first kappa shape index (κ1) is 16.0. The average Bonchev–Trinajstić information content (AvgIpc) is 2.43. The van der Waals surface area contributed by atoms with Gasteiger partial charge in [0.15, 0.2) is 0 Å². The highest BCUT2D eigenvalue weighted by atomic mass is 19.1. The lowest BCUT2D eigenvalue weighted by Gasteiger charge is -2.28. The molecule has 1 N–H and O–H groups in total. The van der Waals surface area contributed by atoms with Gasteiger partial charge in [-0.1, -0.05) is 33.6 Å². The molecule has 1 aromatic rings. The second kappa shape index (κ2) is 8.16. The molecule has 2 nitrogen and oxygen atoms in total. The number of benzene rings is 1. The number of ether oxygens (including phenoxy) is 1. The van der Waals surface area contributed by atoms with Crippen LogP contribution < -0.4 is 10.1 Å². The molecule has 0 saturated carbocycles. The van der Waals surface area contributed by atoms with E-state index in [1.165, 1.54) is 6.07 Å². The molecule has 3 heteroatoms. The Kier molecular flexibility index (Phi) is 6.85. The number of methoxy groups -OCH3 is 1. The van der Waals surface area contributed by atoms with Crippen molar-refractivity contribution in [3.05, 3.63) is 29.6 Å². The van der Waals surface area contributed by atoms with Crippen molar-refractivity contribution in [2.24, 2.45) is 5.92 Å². The van der Waals surface area contributed by atoms with Crippen LogP contribution in [0.25, 0.3) is 0 Å². The minimum absolute atomic E-state index is 0.153. The van der Waals surface area contributed by atoms with Crippen molar-refractivity contribution < 1.29 is 9.13 Å². The van der Waals surface area contributed by atoms with Crippen LogP contribution >= 0.6 is 0 Å².